The Labute approximate surface area is 149 Å². The predicted molar refractivity (Wildman–Crippen MR) is 94.7 cm³/mol. The number of nitrogens with zero attached hydrogens (tertiary/aromatic N) is 2. The van der Waals surface area contributed by atoms with Crippen molar-refractivity contribution in [3.05, 3.63) is 68.7 Å². The molecule has 0 spiro atoms. The van der Waals surface area contributed by atoms with Crippen LogP contribution < -0.4 is 0 Å². The molecule has 118 valence electrons. The zero-order chi connectivity index (χ0) is 16.4. The summed E-state index contributed by atoms with van der Waals surface area (Å²) < 4.78 is 0. The van der Waals surface area contributed by atoms with E-state index in [0.29, 0.717) is 27.2 Å². The third-order valence-corrected chi connectivity index (χ3v) is 4.59. The third-order valence-electron chi connectivity index (χ3n) is 3.60. The molecule has 1 amide bonds. The van der Waals surface area contributed by atoms with Gasteiger partial charge in [0.2, 0.25) is 0 Å². The lowest BCUT2D eigenvalue weighted by Crippen LogP contribution is -2.32. The van der Waals surface area contributed by atoms with Gasteiger partial charge in [-0.2, -0.15) is 5.10 Å². The number of hydrogen-bond donors (Lipinski definition) is 0. The molecule has 2 aromatic carbocycles. The fraction of sp³-hybridized carbons (Fsp3) is 0.176. The fourth-order valence-electron chi connectivity index (χ4n) is 2.41. The molecule has 2 aromatic rings. The van der Waals surface area contributed by atoms with Crippen LogP contribution in [-0.4, -0.2) is 23.2 Å². The third kappa shape index (κ3) is 3.69. The quantitative estimate of drug-likeness (QED) is 0.710. The summed E-state index contributed by atoms with van der Waals surface area (Å²) in [6.07, 6.45) is 1.64. The van der Waals surface area contributed by atoms with Gasteiger partial charge in [0.05, 0.1) is 15.8 Å². The Morgan fingerprint density at radius 1 is 1.00 bits per heavy atom. The molecule has 6 heteroatoms. The SMILES string of the molecule is O=C(c1ccc(Cl)cc1)N1CCCC(c2ccc(Cl)c(Cl)c2)=N1. The molecule has 0 bridgehead atoms. The van der Waals surface area contributed by atoms with Crippen LogP contribution in [0.15, 0.2) is 47.6 Å². The van der Waals surface area contributed by atoms with Gasteiger partial charge in [-0.25, -0.2) is 5.01 Å². The first-order chi connectivity index (χ1) is 11.0. The van der Waals surface area contributed by atoms with Crippen molar-refractivity contribution < 1.29 is 4.79 Å². The van der Waals surface area contributed by atoms with Crippen molar-refractivity contribution in [1.29, 1.82) is 0 Å². The van der Waals surface area contributed by atoms with Gasteiger partial charge in [-0.3, -0.25) is 4.79 Å². The van der Waals surface area contributed by atoms with Crippen molar-refractivity contribution >= 4 is 46.4 Å². The van der Waals surface area contributed by atoms with Gasteiger partial charge < -0.3 is 0 Å². The second kappa shape index (κ2) is 6.91. The minimum absolute atomic E-state index is 0.140. The van der Waals surface area contributed by atoms with Crippen molar-refractivity contribution in [3.8, 4) is 0 Å². The van der Waals surface area contributed by atoms with Crippen LogP contribution in [-0.2, 0) is 0 Å². The van der Waals surface area contributed by atoms with Gasteiger partial charge in [0.15, 0.2) is 0 Å². The van der Waals surface area contributed by atoms with Crippen molar-refractivity contribution in [2.75, 3.05) is 6.54 Å². The molecule has 3 nitrogen and oxygen atoms in total. The van der Waals surface area contributed by atoms with Gasteiger partial charge in [-0.1, -0.05) is 40.9 Å². The Balaban J connectivity index is 1.87. The molecule has 0 saturated carbocycles. The van der Waals surface area contributed by atoms with E-state index in [-0.39, 0.29) is 5.91 Å². The molecule has 3 rings (SSSR count). The lowest BCUT2D eigenvalue weighted by Gasteiger charge is -2.24. The van der Waals surface area contributed by atoms with Gasteiger partial charge in [-0.05, 0) is 54.8 Å². The Bertz CT molecular complexity index is 772. The topological polar surface area (TPSA) is 32.7 Å². The van der Waals surface area contributed by atoms with Crippen molar-refractivity contribution in [3.63, 3.8) is 0 Å². The molecule has 0 radical (unpaired) electrons. The molecule has 0 atom stereocenters. The molecule has 1 heterocycles. The molecule has 23 heavy (non-hydrogen) atoms. The van der Waals surface area contributed by atoms with E-state index in [9.17, 15) is 4.79 Å². The van der Waals surface area contributed by atoms with E-state index >= 15 is 0 Å². The maximum absolute atomic E-state index is 12.5. The molecule has 0 N–H and O–H groups in total. The molecule has 0 aliphatic carbocycles. The second-order valence-corrected chi connectivity index (χ2v) is 6.47. The Morgan fingerprint density at radius 2 is 1.74 bits per heavy atom. The second-order valence-electron chi connectivity index (χ2n) is 5.21. The van der Waals surface area contributed by atoms with Crippen molar-refractivity contribution in [1.82, 2.24) is 5.01 Å². The van der Waals surface area contributed by atoms with Crippen LogP contribution in [0.2, 0.25) is 15.1 Å². The lowest BCUT2D eigenvalue weighted by molar-refractivity contribution is 0.0751. The highest BCUT2D eigenvalue weighted by Crippen LogP contribution is 2.25. The number of carbonyl (C=O) groups is 1. The van der Waals surface area contributed by atoms with Gasteiger partial charge >= 0.3 is 0 Å². The summed E-state index contributed by atoms with van der Waals surface area (Å²) in [7, 11) is 0. The van der Waals surface area contributed by atoms with Crippen LogP contribution >= 0.6 is 34.8 Å². The first kappa shape index (κ1) is 16.3. The van der Waals surface area contributed by atoms with Gasteiger partial charge in [0.25, 0.3) is 5.91 Å². The summed E-state index contributed by atoms with van der Waals surface area (Å²) in [6, 6.07) is 12.2. The van der Waals surface area contributed by atoms with E-state index in [0.717, 1.165) is 24.1 Å². The zero-order valence-electron chi connectivity index (χ0n) is 12.1. The molecule has 0 aromatic heterocycles. The highest BCUT2D eigenvalue weighted by Gasteiger charge is 2.21. The van der Waals surface area contributed by atoms with Crippen molar-refractivity contribution in [2.45, 2.75) is 12.8 Å². The van der Waals surface area contributed by atoms with Gasteiger partial charge in [-0.15, -0.1) is 0 Å². The molecular formula is C17H13Cl3N2O. The van der Waals surface area contributed by atoms with Gasteiger partial charge in [0, 0.05) is 17.1 Å². The maximum atomic E-state index is 12.5. The molecule has 0 unspecified atom stereocenters. The van der Waals surface area contributed by atoms with E-state index in [1.54, 1.807) is 36.4 Å². The zero-order valence-corrected chi connectivity index (χ0v) is 14.4. The van der Waals surface area contributed by atoms with E-state index in [1.165, 1.54) is 5.01 Å². The molecule has 1 aliphatic rings. The number of carbonyl (C=O) groups excluding carboxylic acids is 1. The summed E-state index contributed by atoms with van der Waals surface area (Å²) in [5.41, 5.74) is 2.28. The number of amides is 1. The fourth-order valence-corrected chi connectivity index (χ4v) is 2.83. The minimum atomic E-state index is -0.140. The highest BCUT2D eigenvalue weighted by molar-refractivity contribution is 6.42. The normalized spacial score (nSPS) is 14.6. The smallest absolute Gasteiger partial charge is 0.267 e. The first-order valence-corrected chi connectivity index (χ1v) is 8.28. The first-order valence-electron chi connectivity index (χ1n) is 7.15. The van der Waals surface area contributed by atoms with E-state index in [1.807, 2.05) is 6.07 Å². The molecule has 1 aliphatic heterocycles. The largest absolute Gasteiger partial charge is 0.273 e. The summed E-state index contributed by atoms with van der Waals surface area (Å²) in [4.78, 5) is 12.5. The number of halogens is 3. The number of benzene rings is 2. The van der Waals surface area contributed by atoms with Crippen LogP contribution in [0.25, 0.3) is 0 Å². The van der Waals surface area contributed by atoms with E-state index in [4.69, 9.17) is 34.8 Å². The van der Waals surface area contributed by atoms with Crippen LogP contribution in [0.5, 0.6) is 0 Å². The predicted octanol–water partition coefficient (Wildman–Crippen LogP) is 5.29. The lowest BCUT2D eigenvalue weighted by atomic mass is 10.0. The summed E-state index contributed by atoms with van der Waals surface area (Å²) in [5, 5.41) is 7.56. The highest BCUT2D eigenvalue weighted by atomic mass is 35.5. The summed E-state index contributed by atoms with van der Waals surface area (Å²) in [5.74, 6) is -0.140. The van der Waals surface area contributed by atoms with E-state index < -0.39 is 0 Å². The number of rotatable bonds is 2. The van der Waals surface area contributed by atoms with Crippen LogP contribution in [0.1, 0.15) is 28.8 Å². The Kier molecular flexibility index (Phi) is 4.90. The number of hydrazone groups is 1. The molecule has 0 saturated heterocycles. The molecule has 0 fully saturated rings. The molecular weight excluding hydrogens is 355 g/mol. The number of hydrogen-bond acceptors (Lipinski definition) is 2. The average Bonchev–Trinajstić information content (AvgIpc) is 2.57. The van der Waals surface area contributed by atoms with Crippen LogP contribution in [0, 0.1) is 0 Å². The van der Waals surface area contributed by atoms with Crippen LogP contribution in [0.4, 0.5) is 0 Å². The maximum Gasteiger partial charge on any atom is 0.273 e. The summed E-state index contributed by atoms with van der Waals surface area (Å²) >= 11 is 17.9. The Hall–Kier alpha value is -1.55. The van der Waals surface area contributed by atoms with Gasteiger partial charge in [0.1, 0.15) is 0 Å². The van der Waals surface area contributed by atoms with E-state index in [2.05, 4.69) is 5.10 Å². The average molecular weight is 368 g/mol. The monoisotopic (exact) mass is 366 g/mol. The Morgan fingerprint density at radius 3 is 2.43 bits per heavy atom. The van der Waals surface area contributed by atoms with Crippen molar-refractivity contribution in [2.24, 2.45) is 5.10 Å². The van der Waals surface area contributed by atoms with Crippen LogP contribution in [0.3, 0.4) is 0 Å². The standard InChI is InChI=1S/C17H13Cl3N2O/c18-13-6-3-11(4-7-13)17(23)22-9-1-2-16(21-22)12-5-8-14(19)15(20)10-12/h3-8,10H,1-2,9H2. The minimum Gasteiger partial charge on any atom is -0.267 e. The summed E-state index contributed by atoms with van der Waals surface area (Å²) in [6.45, 7) is 0.590.